The zero-order valence-electron chi connectivity index (χ0n) is 12.1. The minimum absolute atomic E-state index is 0.0254. The summed E-state index contributed by atoms with van der Waals surface area (Å²) in [7, 11) is 1.77. The van der Waals surface area contributed by atoms with E-state index >= 15 is 0 Å². The van der Waals surface area contributed by atoms with Gasteiger partial charge in [-0.1, -0.05) is 37.3 Å². The molecule has 2 N–H and O–H groups in total. The number of methoxy groups -OCH3 is 1. The van der Waals surface area contributed by atoms with Crippen molar-refractivity contribution >= 4 is 0 Å². The molecule has 2 rings (SSSR count). The molecule has 1 fully saturated rings. The smallest absolute Gasteiger partial charge is 0.0589 e. The highest BCUT2D eigenvalue weighted by Gasteiger charge is 2.35. The Labute approximate surface area is 116 Å². The maximum absolute atomic E-state index is 6.08. The van der Waals surface area contributed by atoms with Crippen LogP contribution < -0.4 is 5.73 Å². The minimum atomic E-state index is 0.0254. The van der Waals surface area contributed by atoms with Gasteiger partial charge in [0.2, 0.25) is 0 Å². The second-order valence-corrected chi connectivity index (χ2v) is 5.83. The van der Waals surface area contributed by atoms with Gasteiger partial charge in [-0.2, -0.15) is 0 Å². The molecule has 0 heterocycles. The first-order valence-corrected chi connectivity index (χ1v) is 7.18. The summed E-state index contributed by atoms with van der Waals surface area (Å²) in [5.41, 5.74) is 7.44. The summed E-state index contributed by atoms with van der Waals surface area (Å²) in [4.78, 5) is 2.54. The predicted molar refractivity (Wildman–Crippen MR) is 79.3 cm³/mol. The number of hydrogen-bond acceptors (Lipinski definition) is 3. The van der Waals surface area contributed by atoms with Gasteiger partial charge >= 0.3 is 0 Å². The molecular weight excluding hydrogens is 236 g/mol. The van der Waals surface area contributed by atoms with Crippen molar-refractivity contribution < 1.29 is 4.74 Å². The van der Waals surface area contributed by atoms with Crippen molar-refractivity contribution in [3.63, 3.8) is 0 Å². The highest BCUT2D eigenvalue weighted by atomic mass is 16.5. The standard InChI is InChI=1S/C16H26N2O/c1-16(12-17,14-6-4-3-5-7-14)13-18(10-11-19-2)15-8-9-15/h3-7,15H,8-13,17H2,1-2H3. The Kier molecular flexibility index (Phi) is 4.97. The van der Waals surface area contributed by atoms with E-state index in [1.165, 1.54) is 18.4 Å². The molecule has 0 aliphatic heterocycles. The minimum Gasteiger partial charge on any atom is -0.383 e. The zero-order valence-corrected chi connectivity index (χ0v) is 12.1. The highest BCUT2D eigenvalue weighted by Crippen LogP contribution is 2.31. The van der Waals surface area contributed by atoms with E-state index in [9.17, 15) is 0 Å². The first-order chi connectivity index (χ1) is 9.19. The van der Waals surface area contributed by atoms with Gasteiger partial charge in [-0.3, -0.25) is 4.90 Å². The van der Waals surface area contributed by atoms with Crippen molar-refractivity contribution in [1.29, 1.82) is 0 Å². The summed E-state index contributed by atoms with van der Waals surface area (Å²) in [5.74, 6) is 0. The molecule has 19 heavy (non-hydrogen) atoms. The lowest BCUT2D eigenvalue weighted by molar-refractivity contribution is 0.128. The third-order valence-electron chi connectivity index (χ3n) is 4.12. The van der Waals surface area contributed by atoms with E-state index in [1.54, 1.807) is 7.11 Å². The Hall–Kier alpha value is -0.900. The van der Waals surface area contributed by atoms with Gasteiger partial charge in [0.15, 0.2) is 0 Å². The Morgan fingerprint density at radius 2 is 2.00 bits per heavy atom. The molecule has 1 unspecified atom stereocenters. The molecule has 0 spiro atoms. The fraction of sp³-hybridized carbons (Fsp3) is 0.625. The fourth-order valence-electron chi connectivity index (χ4n) is 2.60. The van der Waals surface area contributed by atoms with Crippen molar-refractivity contribution in [2.45, 2.75) is 31.2 Å². The lowest BCUT2D eigenvalue weighted by Crippen LogP contribution is -2.45. The first-order valence-electron chi connectivity index (χ1n) is 7.18. The fourth-order valence-corrected chi connectivity index (χ4v) is 2.60. The molecule has 1 aliphatic rings. The second kappa shape index (κ2) is 6.51. The van der Waals surface area contributed by atoms with Gasteiger partial charge < -0.3 is 10.5 Å². The SMILES string of the molecule is COCCN(CC(C)(CN)c1ccccc1)C1CC1. The Morgan fingerprint density at radius 1 is 1.32 bits per heavy atom. The number of ether oxygens (including phenoxy) is 1. The quantitative estimate of drug-likeness (QED) is 0.779. The van der Waals surface area contributed by atoms with Gasteiger partial charge in [-0.05, 0) is 18.4 Å². The van der Waals surface area contributed by atoms with Gasteiger partial charge in [-0.25, -0.2) is 0 Å². The average molecular weight is 262 g/mol. The molecule has 0 saturated heterocycles. The van der Waals surface area contributed by atoms with Gasteiger partial charge in [0.25, 0.3) is 0 Å². The Bertz CT molecular complexity index is 378. The number of nitrogens with zero attached hydrogens (tertiary/aromatic N) is 1. The van der Waals surface area contributed by atoms with Crippen LogP contribution in [-0.4, -0.2) is 44.3 Å². The van der Waals surface area contributed by atoms with E-state index in [0.29, 0.717) is 6.54 Å². The maximum Gasteiger partial charge on any atom is 0.0589 e. The normalized spacial score (nSPS) is 18.5. The van der Waals surface area contributed by atoms with Crippen molar-refractivity contribution in [3.8, 4) is 0 Å². The predicted octanol–water partition coefficient (Wildman–Crippen LogP) is 2.01. The van der Waals surface area contributed by atoms with Crippen molar-refractivity contribution in [3.05, 3.63) is 35.9 Å². The van der Waals surface area contributed by atoms with Crippen LogP contribution in [0.5, 0.6) is 0 Å². The molecule has 3 heteroatoms. The largest absolute Gasteiger partial charge is 0.383 e. The number of rotatable bonds is 8. The van der Waals surface area contributed by atoms with Crippen LogP contribution in [0.1, 0.15) is 25.3 Å². The van der Waals surface area contributed by atoms with Crippen LogP contribution in [0.15, 0.2) is 30.3 Å². The van der Waals surface area contributed by atoms with Gasteiger partial charge in [-0.15, -0.1) is 0 Å². The van der Waals surface area contributed by atoms with Gasteiger partial charge in [0.1, 0.15) is 0 Å². The van der Waals surface area contributed by atoms with Crippen LogP contribution >= 0.6 is 0 Å². The summed E-state index contributed by atoms with van der Waals surface area (Å²) in [6.07, 6.45) is 2.64. The van der Waals surface area contributed by atoms with Gasteiger partial charge in [0, 0.05) is 38.2 Å². The molecule has 0 amide bonds. The van der Waals surface area contributed by atoms with E-state index in [1.807, 2.05) is 0 Å². The number of hydrogen-bond donors (Lipinski definition) is 1. The van der Waals surface area contributed by atoms with Crippen molar-refractivity contribution in [1.82, 2.24) is 4.90 Å². The van der Waals surface area contributed by atoms with Crippen LogP contribution in [0, 0.1) is 0 Å². The van der Waals surface area contributed by atoms with E-state index in [-0.39, 0.29) is 5.41 Å². The van der Waals surface area contributed by atoms with Crippen molar-refractivity contribution in [2.75, 3.05) is 33.4 Å². The van der Waals surface area contributed by atoms with Gasteiger partial charge in [0.05, 0.1) is 6.61 Å². The molecule has 1 aromatic carbocycles. The van der Waals surface area contributed by atoms with E-state index < -0.39 is 0 Å². The average Bonchev–Trinajstić information content (AvgIpc) is 3.29. The monoisotopic (exact) mass is 262 g/mol. The molecule has 1 aliphatic carbocycles. The van der Waals surface area contributed by atoms with Crippen LogP contribution in [0.3, 0.4) is 0 Å². The Balaban J connectivity index is 2.07. The topological polar surface area (TPSA) is 38.5 Å². The lowest BCUT2D eigenvalue weighted by atomic mass is 9.82. The number of benzene rings is 1. The second-order valence-electron chi connectivity index (χ2n) is 5.83. The lowest BCUT2D eigenvalue weighted by Gasteiger charge is -2.35. The van der Waals surface area contributed by atoms with Crippen LogP contribution in [0.2, 0.25) is 0 Å². The maximum atomic E-state index is 6.08. The molecule has 106 valence electrons. The van der Waals surface area contributed by atoms with Crippen molar-refractivity contribution in [2.24, 2.45) is 5.73 Å². The summed E-state index contributed by atoms with van der Waals surface area (Å²) in [6, 6.07) is 11.4. The van der Waals surface area contributed by atoms with E-state index in [0.717, 1.165) is 25.7 Å². The summed E-state index contributed by atoms with van der Waals surface area (Å²) >= 11 is 0. The zero-order chi connectivity index (χ0) is 13.7. The summed E-state index contributed by atoms with van der Waals surface area (Å²) in [6.45, 7) is 5.76. The van der Waals surface area contributed by atoms with Crippen LogP contribution in [0.4, 0.5) is 0 Å². The van der Waals surface area contributed by atoms with E-state index in [2.05, 4.69) is 42.2 Å². The van der Waals surface area contributed by atoms with Crippen LogP contribution in [-0.2, 0) is 10.2 Å². The molecule has 1 saturated carbocycles. The molecule has 1 aromatic rings. The molecule has 0 bridgehead atoms. The van der Waals surface area contributed by atoms with Crippen LogP contribution in [0.25, 0.3) is 0 Å². The third-order valence-corrected chi connectivity index (χ3v) is 4.12. The molecule has 3 nitrogen and oxygen atoms in total. The molecule has 0 radical (unpaired) electrons. The number of nitrogens with two attached hydrogens (primary N) is 1. The Morgan fingerprint density at radius 3 is 2.53 bits per heavy atom. The molecule has 1 atom stereocenters. The molecular formula is C16H26N2O. The first kappa shape index (κ1) is 14.5. The van der Waals surface area contributed by atoms with E-state index in [4.69, 9.17) is 10.5 Å². The highest BCUT2D eigenvalue weighted by molar-refractivity contribution is 5.25. The summed E-state index contributed by atoms with van der Waals surface area (Å²) < 4.78 is 5.23. The summed E-state index contributed by atoms with van der Waals surface area (Å²) in [5, 5.41) is 0. The third kappa shape index (κ3) is 3.78. The molecule has 0 aromatic heterocycles.